The van der Waals surface area contributed by atoms with Gasteiger partial charge in [-0.1, -0.05) is 19.1 Å². The van der Waals surface area contributed by atoms with Gasteiger partial charge in [0.15, 0.2) is 29.1 Å². The Kier molecular flexibility index (Phi) is 8.36. The first-order valence-electron chi connectivity index (χ1n) is 13.4. The maximum atomic E-state index is 13.2. The Morgan fingerprint density at radius 3 is 2.10 bits per heavy atom. The van der Waals surface area contributed by atoms with Crippen LogP contribution in [-0.2, 0) is 19.1 Å². The zero-order valence-electron chi connectivity index (χ0n) is 24.9. The van der Waals surface area contributed by atoms with Gasteiger partial charge in [-0.15, -0.1) is 0 Å². The lowest BCUT2D eigenvalue weighted by Gasteiger charge is -2.43. The second kappa shape index (κ2) is 11.5. The molecule has 0 spiro atoms. The molecule has 1 heterocycles. The number of methoxy groups -OCH3 is 2. The van der Waals surface area contributed by atoms with Gasteiger partial charge in [0.1, 0.15) is 11.7 Å². The molecule has 0 amide bonds. The van der Waals surface area contributed by atoms with Crippen molar-refractivity contribution in [1.29, 1.82) is 0 Å². The van der Waals surface area contributed by atoms with E-state index in [4.69, 9.17) is 28.4 Å². The van der Waals surface area contributed by atoms with Crippen LogP contribution in [0.3, 0.4) is 0 Å². The van der Waals surface area contributed by atoms with E-state index >= 15 is 0 Å². The largest absolute Gasteiger partial charge is 0.504 e. The molecule has 226 valence electrons. The van der Waals surface area contributed by atoms with E-state index in [1.807, 2.05) is 0 Å². The highest BCUT2D eigenvalue weighted by Crippen LogP contribution is 2.60. The molecule has 11 nitrogen and oxygen atoms in total. The zero-order valence-corrected chi connectivity index (χ0v) is 24.9. The second-order valence-electron chi connectivity index (χ2n) is 10.4. The number of esters is 2. The molecule has 2 aromatic carbocycles. The molecule has 4 rings (SSSR count). The summed E-state index contributed by atoms with van der Waals surface area (Å²) in [5.41, 5.74) is -1.09. The summed E-state index contributed by atoms with van der Waals surface area (Å²) in [5.74, 6) is -3.10. The fourth-order valence-electron chi connectivity index (χ4n) is 5.12. The van der Waals surface area contributed by atoms with Gasteiger partial charge in [-0.3, -0.25) is 0 Å². The van der Waals surface area contributed by atoms with Crippen molar-refractivity contribution in [2.24, 2.45) is 5.92 Å². The highest BCUT2D eigenvalue weighted by molar-refractivity contribution is 5.91. The summed E-state index contributed by atoms with van der Waals surface area (Å²) in [6, 6.07) is 2.99. The smallest absolute Gasteiger partial charge is 0.334 e. The summed E-state index contributed by atoms with van der Waals surface area (Å²) in [6.45, 7) is 9.37. The van der Waals surface area contributed by atoms with Crippen LogP contribution < -0.4 is 18.9 Å². The molecule has 3 N–H and O–H groups in total. The molecule has 11 heteroatoms. The molecule has 2 aromatic rings. The van der Waals surface area contributed by atoms with Crippen molar-refractivity contribution in [1.82, 2.24) is 0 Å². The van der Waals surface area contributed by atoms with Crippen molar-refractivity contribution in [3.05, 3.63) is 46.6 Å². The van der Waals surface area contributed by atoms with Crippen LogP contribution in [-0.4, -0.2) is 53.9 Å². The molecule has 0 fully saturated rings. The first-order valence-corrected chi connectivity index (χ1v) is 13.4. The number of carbonyl (C=O) groups is 2. The molecule has 2 aliphatic rings. The van der Waals surface area contributed by atoms with Crippen LogP contribution in [0.1, 0.15) is 64.9 Å². The quantitative estimate of drug-likeness (QED) is 0.310. The van der Waals surface area contributed by atoms with E-state index in [9.17, 15) is 24.9 Å². The topological polar surface area (TPSA) is 150 Å². The molecule has 0 radical (unpaired) electrons. The van der Waals surface area contributed by atoms with Gasteiger partial charge in [0.05, 0.1) is 14.2 Å². The summed E-state index contributed by atoms with van der Waals surface area (Å²) in [6.07, 6.45) is 0.442. The van der Waals surface area contributed by atoms with E-state index in [0.29, 0.717) is 5.57 Å². The van der Waals surface area contributed by atoms with Crippen LogP contribution >= 0.6 is 0 Å². The molecule has 1 aliphatic carbocycles. The fourth-order valence-corrected chi connectivity index (χ4v) is 5.12. The number of aliphatic hydroxyl groups is 1. The van der Waals surface area contributed by atoms with Gasteiger partial charge in [0, 0.05) is 39.3 Å². The van der Waals surface area contributed by atoms with Gasteiger partial charge in [0.25, 0.3) is 0 Å². The number of benzene rings is 2. The lowest BCUT2D eigenvalue weighted by atomic mass is 9.71. The third-order valence-corrected chi connectivity index (χ3v) is 8.06. The van der Waals surface area contributed by atoms with Crippen molar-refractivity contribution in [3.63, 3.8) is 0 Å². The van der Waals surface area contributed by atoms with Gasteiger partial charge >= 0.3 is 11.9 Å². The van der Waals surface area contributed by atoms with Crippen molar-refractivity contribution in [2.45, 2.75) is 59.4 Å². The average Bonchev–Trinajstić information content (AvgIpc) is 3.45. The summed E-state index contributed by atoms with van der Waals surface area (Å²) >= 11 is 0. The standard InChI is InChI=1S/C31H36O11/c1-9-14(3)29(34)41-25-16(5)31(6,36)28(42-30(35)15(4)10-2)18-12-19(37-7)26(38-8)23(32)22(18)21-17(25)11-20-27(24(21)33)40-13-39-20/h9-12,16,25,28,32-33,36H,13H2,1-8H3/b14-9-,15-10-/t16-,25+,28-,31-/m0/s1. The van der Waals surface area contributed by atoms with Crippen LogP contribution in [0.4, 0.5) is 0 Å². The fraction of sp³-hybridized carbons (Fsp3) is 0.419. The Labute approximate surface area is 243 Å². The average molecular weight is 585 g/mol. The number of hydrogen-bond acceptors (Lipinski definition) is 11. The number of fused-ring (bicyclic) bond motifs is 4. The summed E-state index contributed by atoms with van der Waals surface area (Å²) < 4.78 is 33.9. The van der Waals surface area contributed by atoms with Crippen molar-refractivity contribution in [2.75, 3.05) is 21.0 Å². The molecular formula is C31H36O11. The SMILES string of the molecule is C/C=C(/C)C(=O)O[C@H]1c2cc3c(c(O)c2-c2c(cc(OC)c(OC)c2O)[C@H](OC(=O)/C(C)=C\C)[C@@](C)(O)[C@H]1C)OCO3. The summed E-state index contributed by atoms with van der Waals surface area (Å²) in [5, 5.41) is 35.5. The number of hydrogen-bond donors (Lipinski definition) is 3. The minimum Gasteiger partial charge on any atom is -0.504 e. The van der Waals surface area contributed by atoms with Gasteiger partial charge in [-0.05, 0) is 46.8 Å². The third kappa shape index (κ3) is 4.87. The molecule has 1 aliphatic heterocycles. The van der Waals surface area contributed by atoms with Crippen molar-refractivity contribution < 1.29 is 53.3 Å². The lowest BCUT2D eigenvalue weighted by molar-refractivity contribution is -0.181. The Hall–Kier alpha value is -4.38. The van der Waals surface area contributed by atoms with Crippen molar-refractivity contribution in [3.8, 4) is 45.6 Å². The number of rotatable bonds is 6. The second-order valence-corrected chi connectivity index (χ2v) is 10.4. The van der Waals surface area contributed by atoms with Crippen LogP contribution in [0.5, 0.6) is 34.5 Å². The zero-order chi connectivity index (χ0) is 31.1. The van der Waals surface area contributed by atoms with E-state index in [1.54, 1.807) is 46.8 Å². The van der Waals surface area contributed by atoms with Crippen LogP contribution in [0.15, 0.2) is 35.4 Å². The first kappa shape index (κ1) is 30.6. The first-order chi connectivity index (χ1) is 19.8. The van der Waals surface area contributed by atoms with Crippen LogP contribution in [0.2, 0.25) is 0 Å². The minimum absolute atomic E-state index is 0.00175. The van der Waals surface area contributed by atoms with Crippen LogP contribution in [0.25, 0.3) is 11.1 Å². The normalized spacial score (nSPS) is 23.2. The molecular weight excluding hydrogens is 548 g/mol. The molecule has 4 atom stereocenters. The Bertz CT molecular complexity index is 1480. The predicted octanol–water partition coefficient (Wildman–Crippen LogP) is 5.01. The molecule has 0 unspecified atom stereocenters. The molecule has 0 saturated carbocycles. The number of carbonyl (C=O) groups excluding carboxylic acids is 2. The number of allylic oxidation sites excluding steroid dienone is 2. The number of phenols is 2. The summed E-state index contributed by atoms with van der Waals surface area (Å²) in [4.78, 5) is 26.3. The van der Waals surface area contributed by atoms with Gasteiger partial charge < -0.3 is 43.7 Å². The molecule has 42 heavy (non-hydrogen) atoms. The van der Waals surface area contributed by atoms with E-state index < -0.39 is 47.2 Å². The Morgan fingerprint density at radius 1 is 0.929 bits per heavy atom. The number of phenolic OH excluding ortho intramolecular Hbond substituents is 2. The predicted molar refractivity (Wildman–Crippen MR) is 151 cm³/mol. The minimum atomic E-state index is -1.93. The van der Waals surface area contributed by atoms with E-state index in [2.05, 4.69) is 0 Å². The van der Waals surface area contributed by atoms with Crippen LogP contribution in [0, 0.1) is 5.92 Å². The van der Waals surface area contributed by atoms with E-state index in [1.165, 1.54) is 33.3 Å². The maximum absolute atomic E-state index is 13.2. The lowest BCUT2D eigenvalue weighted by Crippen LogP contribution is -2.46. The number of ether oxygens (including phenoxy) is 6. The van der Waals surface area contributed by atoms with Gasteiger partial charge in [-0.2, -0.15) is 0 Å². The number of aromatic hydroxyl groups is 2. The van der Waals surface area contributed by atoms with E-state index in [0.717, 1.165) is 0 Å². The van der Waals surface area contributed by atoms with Crippen molar-refractivity contribution >= 4 is 11.9 Å². The maximum Gasteiger partial charge on any atom is 0.334 e. The summed E-state index contributed by atoms with van der Waals surface area (Å²) in [7, 11) is 2.68. The molecule has 0 aromatic heterocycles. The van der Waals surface area contributed by atoms with E-state index in [-0.39, 0.29) is 57.6 Å². The molecule has 0 bridgehead atoms. The van der Waals surface area contributed by atoms with Gasteiger partial charge in [-0.25, -0.2) is 9.59 Å². The highest BCUT2D eigenvalue weighted by Gasteiger charge is 2.51. The molecule has 0 saturated heterocycles. The third-order valence-electron chi connectivity index (χ3n) is 8.06. The Morgan fingerprint density at radius 2 is 1.52 bits per heavy atom. The highest BCUT2D eigenvalue weighted by atomic mass is 16.7. The van der Waals surface area contributed by atoms with Gasteiger partial charge in [0.2, 0.25) is 18.3 Å². The monoisotopic (exact) mass is 584 g/mol. The Balaban J connectivity index is 2.18.